The second-order valence-electron chi connectivity index (χ2n) is 7.66. The fourth-order valence-corrected chi connectivity index (χ4v) is 4.57. The number of anilines is 1. The standard InChI is InChI=1S/C25H22FN3O4S/c1-3-11-33-25(32)17-5-4-6-19(12-17)28-20(30)13-29-14-27-23-22(24(29)31)21(15(2)34-23)16-7-9-18(26)10-8-16/h4-10,12,14H,3,11,13H2,1-2H3,(H,28,30). The van der Waals surface area contributed by atoms with Crippen LogP contribution in [0.15, 0.2) is 59.7 Å². The van der Waals surface area contributed by atoms with Crippen molar-refractivity contribution in [2.45, 2.75) is 26.8 Å². The molecular weight excluding hydrogens is 457 g/mol. The van der Waals surface area contributed by atoms with Crippen LogP contribution >= 0.6 is 11.3 Å². The number of aryl methyl sites for hydroxylation is 1. The van der Waals surface area contributed by atoms with E-state index in [2.05, 4.69) is 10.3 Å². The molecule has 4 rings (SSSR count). The number of fused-ring (bicyclic) bond motifs is 1. The minimum absolute atomic E-state index is 0.260. The Morgan fingerprint density at radius 3 is 2.68 bits per heavy atom. The summed E-state index contributed by atoms with van der Waals surface area (Å²) in [5.74, 6) is -1.28. The SMILES string of the molecule is CCCOC(=O)c1cccc(NC(=O)Cn2cnc3sc(C)c(-c4ccc(F)cc4)c3c2=O)c1. The summed E-state index contributed by atoms with van der Waals surface area (Å²) in [5, 5.41) is 3.10. The van der Waals surface area contributed by atoms with E-state index in [1.165, 1.54) is 40.4 Å². The molecule has 0 radical (unpaired) electrons. The number of aromatic nitrogens is 2. The lowest BCUT2D eigenvalue weighted by Crippen LogP contribution is -2.27. The second-order valence-corrected chi connectivity index (χ2v) is 8.87. The minimum atomic E-state index is -0.468. The molecule has 4 aromatic rings. The van der Waals surface area contributed by atoms with Gasteiger partial charge in [0.1, 0.15) is 17.2 Å². The number of carbonyl (C=O) groups excluding carboxylic acids is 2. The summed E-state index contributed by atoms with van der Waals surface area (Å²) in [4.78, 5) is 43.8. The quantitative estimate of drug-likeness (QED) is 0.386. The fraction of sp³-hybridized carbons (Fsp3) is 0.200. The summed E-state index contributed by atoms with van der Waals surface area (Å²) in [5.41, 5.74) is 1.77. The number of hydrogen-bond donors (Lipinski definition) is 1. The van der Waals surface area contributed by atoms with Crippen molar-refractivity contribution in [3.05, 3.63) is 81.5 Å². The molecule has 0 aliphatic rings. The highest BCUT2D eigenvalue weighted by molar-refractivity contribution is 7.19. The fourth-order valence-electron chi connectivity index (χ4n) is 3.57. The average Bonchev–Trinajstić information content (AvgIpc) is 3.16. The summed E-state index contributed by atoms with van der Waals surface area (Å²) in [6, 6.07) is 12.3. The van der Waals surface area contributed by atoms with Crippen molar-refractivity contribution in [3.63, 3.8) is 0 Å². The van der Waals surface area contributed by atoms with E-state index in [0.29, 0.717) is 45.6 Å². The maximum atomic E-state index is 13.4. The topological polar surface area (TPSA) is 90.3 Å². The van der Waals surface area contributed by atoms with Crippen molar-refractivity contribution in [1.29, 1.82) is 0 Å². The minimum Gasteiger partial charge on any atom is -0.462 e. The summed E-state index contributed by atoms with van der Waals surface area (Å²) in [6.07, 6.45) is 2.05. The molecule has 2 aromatic carbocycles. The third-order valence-electron chi connectivity index (χ3n) is 5.12. The molecule has 0 aliphatic carbocycles. The van der Waals surface area contributed by atoms with Crippen molar-refractivity contribution in [3.8, 4) is 11.1 Å². The van der Waals surface area contributed by atoms with Crippen LogP contribution in [0, 0.1) is 12.7 Å². The molecule has 0 saturated carbocycles. The van der Waals surface area contributed by atoms with Crippen LogP contribution in [-0.4, -0.2) is 28.0 Å². The van der Waals surface area contributed by atoms with Crippen molar-refractivity contribution >= 4 is 39.1 Å². The van der Waals surface area contributed by atoms with Gasteiger partial charge in [0.2, 0.25) is 5.91 Å². The third kappa shape index (κ3) is 4.89. The molecule has 0 unspecified atom stereocenters. The van der Waals surface area contributed by atoms with Crippen LogP contribution in [0.1, 0.15) is 28.6 Å². The highest BCUT2D eigenvalue weighted by Gasteiger charge is 2.18. The van der Waals surface area contributed by atoms with E-state index in [-0.39, 0.29) is 17.9 Å². The Labute approximate surface area is 198 Å². The predicted molar refractivity (Wildman–Crippen MR) is 130 cm³/mol. The summed E-state index contributed by atoms with van der Waals surface area (Å²) in [7, 11) is 0. The first kappa shape index (κ1) is 23.3. The zero-order valence-corrected chi connectivity index (χ0v) is 19.4. The molecule has 1 amide bonds. The molecule has 0 bridgehead atoms. The smallest absolute Gasteiger partial charge is 0.338 e. The van der Waals surface area contributed by atoms with Crippen LogP contribution in [-0.2, 0) is 16.1 Å². The largest absolute Gasteiger partial charge is 0.462 e. The van der Waals surface area contributed by atoms with Gasteiger partial charge in [0.05, 0.1) is 23.9 Å². The number of thiophene rings is 1. The maximum Gasteiger partial charge on any atom is 0.338 e. The molecule has 7 nitrogen and oxygen atoms in total. The van der Waals surface area contributed by atoms with Crippen LogP contribution in [0.3, 0.4) is 0 Å². The van der Waals surface area contributed by atoms with E-state index < -0.39 is 11.9 Å². The lowest BCUT2D eigenvalue weighted by Gasteiger charge is -2.09. The molecule has 174 valence electrons. The number of ether oxygens (including phenoxy) is 1. The van der Waals surface area contributed by atoms with E-state index in [4.69, 9.17) is 4.74 Å². The lowest BCUT2D eigenvalue weighted by molar-refractivity contribution is -0.116. The van der Waals surface area contributed by atoms with Gasteiger partial charge in [0.25, 0.3) is 5.56 Å². The van der Waals surface area contributed by atoms with Crippen molar-refractivity contribution < 1.29 is 18.7 Å². The molecule has 0 aliphatic heterocycles. The Morgan fingerprint density at radius 2 is 1.94 bits per heavy atom. The first-order valence-electron chi connectivity index (χ1n) is 10.7. The Morgan fingerprint density at radius 1 is 1.18 bits per heavy atom. The number of carbonyl (C=O) groups is 2. The van der Waals surface area contributed by atoms with Crippen LogP contribution in [0.2, 0.25) is 0 Å². The third-order valence-corrected chi connectivity index (χ3v) is 6.13. The van der Waals surface area contributed by atoms with Gasteiger partial charge in [-0.3, -0.25) is 14.2 Å². The van der Waals surface area contributed by atoms with Crippen LogP contribution in [0.5, 0.6) is 0 Å². The number of rotatable bonds is 7. The van der Waals surface area contributed by atoms with Gasteiger partial charge in [-0.2, -0.15) is 0 Å². The normalized spacial score (nSPS) is 10.9. The monoisotopic (exact) mass is 479 g/mol. The molecule has 0 fully saturated rings. The highest BCUT2D eigenvalue weighted by atomic mass is 32.1. The molecule has 0 spiro atoms. The maximum absolute atomic E-state index is 13.4. The zero-order chi connectivity index (χ0) is 24.2. The number of esters is 1. The van der Waals surface area contributed by atoms with E-state index in [1.54, 1.807) is 30.3 Å². The number of benzene rings is 2. The van der Waals surface area contributed by atoms with E-state index in [0.717, 1.165) is 4.88 Å². The van der Waals surface area contributed by atoms with Crippen LogP contribution in [0.4, 0.5) is 10.1 Å². The van der Waals surface area contributed by atoms with Gasteiger partial charge >= 0.3 is 5.97 Å². The molecule has 0 atom stereocenters. The van der Waals surface area contributed by atoms with Gasteiger partial charge in [-0.1, -0.05) is 25.1 Å². The van der Waals surface area contributed by atoms with Crippen molar-refractivity contribution in [1.82, 2.24) is 9.55 Å². The number of nitrogens with zero attached hydrogens (tertiary/aromatic N) is 2. The summed E-state index contributed by atoms with van der Waals surface area (Å²) in [6.45, 7) is 3.83. The molecule has 1 N–H and O–H groups in total. The number of amides is 1. The lowest BCUT2D eigenvalue weighted by atomic mass is 10.0. The van der Waals surface area contributed by atoms with E-state index in [1.807, 2.05) is 13.8 Å². The van der Waals surface area contributed by atoms with Crippen LogP contribution in [0.25, 0.3) is 21.3 Å². The zero-order valence-electron chi connectivity index (χ0n) is 18.6. The van der Waals surface area contributed by atoms with E-state index >= 15 is 0 Å². The first-order valence-corrected chi connectivity index (χ1v) is 11.5. The number of nitrogens with one attached hydrogen (secondary N) is 1. The van der Waals surface area contributed by atoms with Gasteiger partial charge < -0.3 is 10.1 Å². The molecule has 9 heteroatoms. The van der Waals surface area contributed by atoms with Crippen molar-refractivity contribution in [2.75, 3.05) is 11.9 Å². The van der Waals surface area contributed by atoms with Gasteiger partial charge in [0, 0.05) is 16.1 Å². The Balaban J connectivity index is 1.58. The van der Waals surface area contributed by atoms with Gasteiger partial charge in [-0.25, -0.2) is 14.2 Å². The molecule has 34 heavy (non-hydrogen) atoms. The van der Waals surface area contributed by atoms with Crippen LogP contribution < -0.4 is 10.9 Å². The Bertz CT molecular complexity index is 1430. The van der Waals surface area contributed by atoms with Gasteiger partial charge in [0.15, 0.2) is 0 Å². The first-order chi connectivity index (χ1) is 16.4. The van der Waals surface area contributed by atoms with Gasteiger partial charge in [-0.15, -0.1) is 11.3 Å². The molecule has 0 saturated heterocycles. The second kappa shape index (κ2) is 9.96. The predicted octanol–water partition coefficient (Wildman–Crippen LogP) is 4.78. The summed E-state index contributed by atoms with van der Waals surface area (Å²) >= 11 is 1.37. The van der Waals surface area contributed by atoms with Crippen molar-refractivity contribution in [2.24, 2.45) is 0 Å². The molecule has 2 heterocycles. The number of halogens is 1. The summed E-state index contributed by atoms with van der Waals surface area (Å²) < 4.78 is 19.7. The molecule has 2 aromatic heterocycles. The number of hydrogen-bond acceptors (Lipinski definition) is 6. The highest BCUT2D eigenvalue weighted by Crippen LogP contribution is 2.35. The van der Waals surface area contributed by atoms with Gasteiger partial charge in [-0.05, 0) is 49.2 Å². The average molecular weight is 480 g/mol. The Hall–Kier alpha value is -3.85. The Kier molecular flexibility index (Phi) is 6.83. The molecular formula is C25H22FN3O4S. The van der Waals surface area contributed by atoms with E-state index in [9.17, 15) is 18.8 Å².